The fourth-order valence-electron chi connectivity index (χ4n) is 2.71. The second-order valence-corrected chi connectivity index (χ2v) is 4.95. The Bertz CT molecular complexity index is 332. The summed E-state index contributed by atoms with van der Waals surface area (Å²) in [7, 11) is 0. The van der Waals surface area contributed by atoms with Crippen LogP contribution in [0.15, 0.2) is 22.8 Å². The molecule has 1 aromatic rings. The Morgan fingerprint density at radius 2 is 2.12 bits per heavy atom. The topological polar surface area (TPSA) is 36.0 Å². The molecule has 2 fully saturated rings. The van der Waals surface area contributed by atoms with Crippen molar-refractivity contribution in [1.82, 2.24) is 0 Å². The van der Waals surface area contributed by atoms with Crippen LogP contribution in [0.5, 0.6) is 0 Å². The molecule has 2 aliphatic heterocycles. The molecule has 2 saturated heterocycles. The second-order valence-electron chi connectivity index (χ2n) is 4.95. The van der Waals surface area contributed by atoms with Crippen molar-refractivity contribution >= 4 is 0 Å². The van der Waals surface area contributed by atoms with Crippen molar-refractivity contribution in [1.29, 1.82) is 0 Å². The maximum Gasteiger partial charge on any atom is 0.217 e. The van der Waals surface area contributed by atoms with E-state index in [0.29, 0.717) is 6.61 Å². The van der Waals surface area contributed by atoms with E-state index in [-0.39, 0.29) is 12.4 Å². The first-order valence-corrected chi connectivity index (χ1v) is 6.56. The zero-order valence-corrected chi connectivity index (χ0v) is 10.1. The molecule has 4 nitrogen and oxygen atoms in total. The Hall–Kier alpha value is -0.840. The Morgan fingerprint density at radius 1 is 1.24 bits per heavy atom. The van der Waals surface area contributed by atoms with Gasteiger partial charge in [0.2, 0.25) is 6.29 Å². The molecular weight excluding hydrogens is 218 g/mol. The predicted octanol–water partition coefficient (Wildman–Crippen LogP) is 0.762. The van der Waals surface area contributed by atoms with Gasteiger partial charge < -0.3 is 18.8 Å². The molecule has 1 N–H and O–H groups in total. The van der Waals surface area contributed by atoms with Gasteiger partial charge in [-0.1, -0.05) is 0 Å². The van der Waals surface area contributed by atoms with Crippen LogP contribution in [0.3, 0.4) is 0 Å². The van der Waals surface area contributed by atoms with Crippen molar-refractivity contribution in [3.8, 4) is 0 Å². The van der Waals surface area contributed by atoms with Crippen LogP contribution in [0.25, 0.3) is 0 Å². The minimum absolute atomic E-state index is 0.221. The zero-order chi connectivity index (χ0) is 11.5. The van der Waals surface area contributed by atoms with E-state index in [4.69, 9.17) is 13.9 Å². The van der Waals surface area contributed by atoms with Crippen molar-refractivity contribution in [3.05, 3.63) is 24.2 Å². The van der Waals surface area contributed by atoms with Gasteiger partial charge in [0.25, 0.3) is 0 Å². The monoisotopic (exact) mass is 238 g/mol. The van der Waals surface area contributed by atoms with Gasteiger partial charge in [-0.2, -0.15) is 0 Å². The van der Waals surface area contributed by atoms with E-state index >= 15 is 0 Å². The molecule has 0 unspecified atom stereocenters. The van der Waals surface area contributed by atoms with Gasteiger partial charge in [-0.3, -0.25) is 0 Å². The van der Waals surface area contributed by atoms with Crippen LogP contribution in [-0.4, -0.2) is 32.3 Å². The molecule has 94 valence electrons. The van der Waals surface area contributed by atoms with Gasteiger partial charge in [-0.25, -0.2) is 0 Å². The maximum atomic E-state index is 5.87. The van der Waals surface area contributed by atoms with E-state index in [0.717, 1.165) is 12.3 Å². The lowest BCUT2D eigenvalue weighted by molar-refractivity contribution is -0.907. The molecule has 1 aromatic heterocycles. The van der Waals surface area contributed by atoms with E-state index in [1.54, 1.807) is 11.2 Å². The molecule has 0 aromatic carbocycles. The average Bonchev–Trinajstić information content (AvgIpc) is 3.00. The van der Waals surface area contributed by atoms with E-state index < -0.39 is 0 Å². The lowest BCUT2D eigenvalue weighted by Crippen LogP contribution is -3.13. The van der Waals surface area contributed by atoms with E-state index in [1.807, 2.05) is 12.1 Å². The number of nitrogens with one attached hydrogen (secondary N) is 1. The van der Waals surface area contributed by atoms with Crippen LogP contribution < -0.4 is 4.90 Å². The highest BCUT2D eigenvalue weighted by molar-refractivity contribution is 5.00. The smallest absolute Gasteiger partial charge is 0.217 e. The van der Waals surface area contributed by atoms with Gasteiger partial charge in [0, 0.05) is 0 Å². The molecule has 2 atom stereocenters. The molecule has 0 spiro atoms. The third-order valence-corrected chi connectivity index (χ3v) is 3.60. The third kappa shape index (κ3) is 2.70. The molecule has 4 heteroatoms. The Labute approximate surface area is 101 Å². The Balaban J connectivity index is 1.50. The van der Waals surface area contributed by atoms with Gasteiger partial charge in [-0.05, 0) is 31.4 Å². The minimum Gasteiger partial charge on any atom is -0.464 e. The molecule has 2 aliphatic rings. The average molecular weight is 238 g/mol. The van der Waals surface area contributed by atoms with Crippen molar-refractivity contribution < 1.29 is 18.8 Å². The third-order valence-electron chi connectivity index (χ3n) is 3.60. The SMILES string of the molecule is c1coc([C@@H]2OC[C@H](C[NH+]3CCCCC3)O2)c1. The summed E-state index contributed by atoms with van der Waals surface area (Å²) in [6, 6.07) is 3.77. The fourth-order valence-corrected chi connectivity index (χ4v) is 2.71. The van der Waals surface area contributed by atoms with Crippen LogP contribution in [0.1, 0.15) is 31.3 Å². The molecule has 0 aliphatic carbocycles. The van der Waals surface area contributed by atoms with Gasteiger partial charge in [0.1, 0.15) is 12.6 Å². The molecule has 0 saturated carbocycles. The molecular formula is C13H20NO3+. The van der Waals surface area contributed by atoms with Crippen molar-refractivity contribution in [2.45, 2.75) is 31.7 Å². The summed E-state index contributed by atoms with van der Waals surface area (Å²) in [5, 5.41) is 0. The number of hydrogen-bond donors (Lipinski definition) is 1. The summed E-state index contributed by atoms with van der Waals surface area (Å²) in [5.41, 5.74) is 0. The summed E-state index contributed by atoms with van der Waals surface area (Å²) in [6.07, 6.45) is 5.68. The van der Waals surface area contributed by atoms with Gasteiger partial charge >= 0.3 is 0 Å². The Morgan fingerprint density at radius 3 is 2.88 bits per heavy atom. The summed E-state index contributed by atoms with van der Waals surface area (Å²) >= 11 is 0. The summed E-state index contributed by atoms with van der Waals surface area (Å²) < 4.78 is 16.8. The van der Waals surface area contributed by atoms with Gasteiger partial charge in [0.15, 0.2) is 5.76 Å². The van der Waals surface area contributed by atoms with E-state index in [1.165, 1.54) is 32.4 Å². The molecule has 3 heterocycles. The zero-order valence-electron chi connectivity index (χ0n) is 10.1. The Kier molecular flexibility index (Phi) is 3.45. The molecule has 0 amide bonds. The predicted molar refractivity (Wildman–Crippen MR) is 61.7 cm³/mol. The first-order chi connectivity index (χ1) is 8.42. The second kappa shape index (κ2) is 5.21. The lowest BCUT2D eigenvalue weighted by atomic mass is 10.1. The number of quaternary nitrogens is 1. The van der Waals surface area contributed by atoms with Gasteiger partial charge in [-0.15, -0.1) is 0 Å². The molecule has 0 bridgehead atoms. The van der Waals surface area contributed by atoms with Gasteiger partial charge in [0.05, 0.1) is 26.0 Å². The number of hydrogen-bond acceptors (Lipinski definition) is 3. The standard InChI is InChI=1S/C13H19NO3/c1-2-6-14(7-3-1)9-11-10-16-13(17-11)12-5-4-8-15-12/h4-5,8,11,13H,1-3,6-7,9-10H2/p+1/t11-,13+/m0/s1. The fraction of sp³-hybridized carbons (Fsp3) is 0.692. The highest BCUT2D eigenvalue weighted by atomic mass is 16.7. The van der Waals surface area contributed by atoms with Crippen LogP contribution in [0.4, 0.5) is 0 Å². The van der Waals surface area contributed by atoms with Crippen molar-refractivity contribution in [2.75, 3.05) is 26.2 Å². The first kappa shape index (κ1) is 11.3. The highest BCUT2D eigenvalue weighted by Gasteiger charge is 2.32. The van der Waals surface area contributed by atoms with E-state index in [2.05, 4.69) is 0 Å². The number of furan rings is 1. The van der Waals surface area contributed by atoms with Crippen LogP contribution in [0, 0.1) is 0 Å². The lowest BCUT2D eigenvalue weighted by Gasteiger charge is -2.25. The molecule has 3 rings (SSSR count). The quantitative estimate of drug-likeness (QED) is 0.844. The van der Waals surface area contributed by atoms with Crippen molar-refractivity contribution in [3.63, 3.8) is 0 Å². The number of piperidine rings is 1. The molecule has 0 radical (unpaired) electrons. The van der Waals surface area contributed by atoms with Crippen LogP contribution in [-0.2, 0) is 9.47 Å². The largest absolute Gasteiger partial charge is 0.464 e. The minimum atomic E-state index is -0.292. The summed E-state index contributed by atoms with van der Waals surface area (Å²) in [5.74, 6) is 0.779. The summed E-state index contributed by atoms with van der Waals surface area (Å²) in [4.78, 5) is 1.66. The normalized spacial score (nSPS) is 30.8. The number of rotatable bonds is 3. The maximum absolute atomic E-state index is 5.87. The van der Waals surface area contributed by atoms with E-state index in [9.17, 15) is 0 Å². The highest BCUT2D eigenvalue weighted by Crippen LogP contribution is 2.26. The van der Waals surface area contributed by atoms with Crippen LogP contribution in [0.2, 0.25) is 0 Å². The summed E-state index contributed by atoms with van der Waals surface area (Å²) in [6.45, 7) is 4.32. The van der Waals surface area contributed by atoms with Crippen LogP contribution >= 0.6 is 0 Å². The first-order valence-electron chi connectivity index (χ1n) is 6.56. The van der Waals surface area contributed by atoms with Crippen molar-refractivity contribution in [2.24, 2.45) is 0 Å². The number of likely N-dealkylation sites (tertiary alicyclic amines) is 1. The number of ether oxygens (including phenoxy) is 2. The molecule has 17 heavy (non-hydrogen) atoms.